The Kier molecular flexibility index (Phi) is 4.37. The lowest BCUT2D eigenvalue weighted by Gasteiger charge is -2.24. The number of hydrogen-bond acceptors (Lipinski definition) is 3. The molecule has 5 heteroatoms. The van der Waals surface area contributed by atoms with Crippen molar-refractivity contribution in [3.63, 3.8) is 0 Å². The highest BCUT2D eigenvalue weighted by Crippen LogP contribution is 2.22. The Morgan fingerprint density at radius 3 is 2.19 bits per heavy atom. The lowest BCUT2D eigenvalue weighted by atomic mass is 9.89. The summed E-state index contributed by atoms with van der Waals surface area (Å²) in [5.41, 5.74) is 5.99. The van der Waals surface area contributed by atoms with Crippen LogP contribution >= 0.6 is 0 Å². The molecule has 0 aliphatic carbocycles. The highest BCUT2D eigenvalue weighted by molar-refractivity contribution is 7.89. The maximum Gasteiger partial charge on any atom is 0.215 e. The molecule has 16 heavy (non-hydrogen) atoms. The van der Waals surface area contributed by atoms with Crippen LogP contribution in [0.2, 0.25) is 0 Å². The molecule has 0 radical (unpaired) electrons. The summed E-state index contributed by atoms with van der Waals surface area (Å²) in [5, 5.41) is 0. The third-order valence-electron chi connectivity index (χ3n) is 2.76. The summed E-state index contributed by atoms with van der Waals surface area (Å²) in [6, 6.07) is -0.259. The molecule has 0 spiro atoms. The van der Waals surface area contributed by atoms with E-state index in [1.54, 1.807) is 4.31 Å². The molecule has 2 N–H and O–H groups in total. The van der Waals surface area contributed by atoms with Gasteiger partial charge in [0.05, 0.1) is 5.75 Å². The molecule has 1 atom stereocenters. The molecular weight excluding hydrogens is 224 g/mol. The molecule has 1 unspecified atom stereocenters. The molecule has 1 heterocycles. The minimum atomic E-state index is -3.12. The standard InChI is InChI=1S/C11H24N2O2S/c1-11(2,3)8-10(12)9-16(14,15)13-6-4-5-7-13/h10H,4-9,12H2,1-3H3. The van der Waals surface area contributed by atoms with Gasteiger partial charge < -0.3 is 5.73 Å². The van der Waals surface area contributed by atoms with Crippen LogP contribution in [-0.4, -0.2) is 37.6 Å². The summed E-state index contributed by atoms with van der Waals surface area (Å²) in [5.74, 6) is 0.0876. The van der Waals surface area contributed by atoms with Gasteiger partial charge in [-0.2, -0.15) is 0 Å². The quantitative estimate of drug-likeness (QED) is 0.812. The number of rotatable bonds is 4. The zero-order chi connectivity index (χ0) is 12.4. The topological polar surface area (TPSA) is 63.4 Å². The van der Waals surface area contributed by atoms with Gasteiger partial charge >= 0.3 is 0 Å². The van der Waals surface area contributed by atoms with Crippen LogP contribution in [0.5, 0.6) is 0 Å². The summed E-state index contributed by atoms with van der Waals surface area (Å²) in [7, 11) is -3.12. The van der Waals surface area contributed by atoms with Crippen molar-refractivity contribution in [2.75, 3.05) is 18.8 Å². The molecule has 0 aromatic carbocycles. The van der Waals surface area contributed by atoms with Crippen LogP contribution in [0.3, 0.4) is 0 Å². The first kappa shape index (κ1) is 13.9. The average Bonchev–Trinajstić information content (AvgIpc) is 2.49. The van der Waals surface area contributed by atoms with Gasteiger partial charge in [-0.15, -0.1) is 0 Å². The van der Waals surface area contributed by atoms with Crippen LogP contribution in [0.4, 0.5) is 0 Å². The van der Waals surface area contributed by atoms with Gasteiger partial charge in [0, 0.05) is 19.1 Å². The van der Waals surface area contributed by atoms with Gasteiger partial charge in [0.15, 0.2) is 0 Å². The minimum Gasteiger partial charge on any atom is -0.327 e. The molecule has 1 aliphatic rings. The molecule has 1 saturated heterocycles. The fourth-order valence-electron chi connectivity index (χ4n) is 2.19. The van der Waals surface area contributed by atoms with Gasteiger partial charge in [-0.3, -0.25) is 0 Å². The van der Waals surface area contributed by atoms with Gasteiger partial charge in [0.2, 0.25) is 10.0 Å². The summed E-state index contributed by atoms with van der Waals surface area (Å²) >= 11 is 0. The lowest BCUT2D eigenvalue weighted by Crippen LogP contribution is -2.40. The van der Waals surface area contributed by atoms with Gasteiger partial charge in [0.25, 0.3) is 0 Å². The van der Waals surface area contributed by atoms with E-state index in [2.05, 4.69) is 20.8 Å². The second kappa shape index (κ2) is 5.02. The zero-order valence-electron chi connectivity index (χ0n) is 10.6. The predicted octanol–water partition coefficient (Wildman–Crippen LogP) is 1.18. The predicted molar refractivity (Wildman–Crippen MR) is 66.6 cm³/mol. The Bertz CT molecular complexity index is 313. The first-order valence-corrected chi connectivity index (χ1v) is 7.55. The molecule has 0 aromatic heterocycles. The largest absolute Gasteiger partial charge is 0.327 e. The summed E-state index contributed by atoms with van der Waals surface area (Å²) in [6.07, 6.45) is 2.70. The maximum absolute atomic E-state index is 12.0. The van der Waals surface area contributed by atoms with Gasteiger partial charge in [-0.1, -0.05) is 20.8 Å². The van der Waals surface area contributed by atoms with Crippen molar-refractivity contribution in [3.05, 3.63) is 0 Å². The normalized spacial score (nSPS) is 21.2. The molecule has 1 rings (SSSR count). The van der Waals surface area contributed by atoms with Gasteiger partial charge in [0.1, 0.15) is 0 Å². The Morgan fingerprint density at radius 1 is 1.25 bits per heavy atom. The summed E-state index contributed by atoms with van der Waals surface area (Å²) in [4.78, 5) is 0. The number of hydrogen-bond donors (Lipinski definition) is 1. The van der Waals surface area contributed by atoms with E-state index in [1.165, 1.54) is 0 Å². The van der Waals surface area contributed by atoms with Crippen LogP contribution in [0.25, 0.3) is 0 Å². The van der Waals surface area contributed by atoms with Crippen LogP contribution in [-0.2, 0) is 10.0 Å². The van der Waals surface area contributed by atoms with E-state index in [0.29, 0.717) is 13.1 Å². The van der Waals surface area contributed by atoms with E-state index >= 15 is 0 Å². The third kappa shape index (κ3) is 4.39. The van der Waals surface area contributed by atoms with Gasteiger partial charge in [-0.25, -0.2) is 12.7 Å². The number of nitrogens with zero attached hydrogens (tertiary/aromatic N) is 1. The van der Waals surface area contributed by atoms with Crippen molar-refractivity contribution in [3.8, 4) is 0 Å². The van der Waals surface area contributed by atoms with Gasteiger partial charge in [-0.05, 0) is 24.7 Å². The van der Waals surface area contributed by atoms with Crippen molar-refractivity contribution in [1.82, 2.24) is 4.31 Å². The second-order valence-electron chi connectivity index (χ2n) is 5.91. The molecule has 0 bridgehead atoms. The Balaban J connectivity index is 2.52. The Morgan fingerprint density at radius 2 is 1.75 bits per heavy atom. The molecule has 1 aliphatic heterocycles. The molecule has 0 aromatic rings. The Labute approximate surface area is 99.2 Å². The molecular formula is C11H24N2O2S. The highest BCUT2D eigenvalue weighted by atomic mass is 32.2. The van der Waals surface area contributed by atoms with E-state index < -0.39 is 10.0 Å². The molecule has 0 saturated carbocycles. The fraction of sp³-hybridized carbons (Fsp3) is 1.00. The van der Waals surface area contributed by atoms with Crippen molar-refractivity contribution >= 4 is 10.0 Å². The van der Waals surface area contributed by atoms with E-state index in [0.717, 1.165) is 19.3 Å². The molecule has 1 fully saturated rings. The minimum absolute atomic E-state index is 0.0833. The molecule has 4 nitrogen and oxygen atoms in total. The number of nitrogens with two attached hydrogens (primary N) is 1. The fourth-order valence-corrected chi connectivity index (χ4v) is 3.87. The lowest BCUT2D eigenvalue weighted by molar-refractivity contribution is 0.347. The van der Waals surface area contributed by atoms with Crippen LogP contribution < -0.4 is 5.73 Å². The van der Waals surface area contributed by atoms with E-state index in [-0.39, 0.29) is 17.2 Å². The van der Waals surface area contributed by atoms with E-state index in [9.17, 15) is 8.42 Å². The molecule has 96 valence electrons. The smallest absolute Gasteiger partial charge is 0.215 e. The van der Waals surface area contributed by atoms with Crippen molar-refractivity contribution in [1.29, 1.82) is 0 Å². The molecule has 0 amide bonds. The van der Waals surface area contributed by atoms with Crippen molar-refractivity contribution in [2.24, 2.45) is 11.1 Å². The highest BCUT2D eigenvalue weighted by Gasteiger charge is 2.28. The second-order valence-corrected chi connectivity index (χ2v) is 7.92. The number of sulfonamides is 1. The van der Waals surface area contributed by atoms with Crippen molar-refractivity contribution < 1.29 is 8.42 Å². The van der Waals surface area contributed by atoms with Crippen LogP contribution in [0.1, 0.15) is 40.0 Å². The van der Waals surface area contributed by atoms with Crippen molar-refractivity contribution in [2.45, 2.75) is 46.1 Å². The Hall–Kier alpha value is -0.130. The monoisotopic (exact) mass is 248 g/mol. The summed E-state index contributed by atoms with van der Waals surface area (Å²) < 4.78 is 25.5. The third-order valence-corrected chi connectivity index (χ3v) is 4.76. The van der Waals surface area contributed by atoms with Crippen LogP contribution in [0.15, 0.2) is 0 Å². The van der Waals surface area contributed by atoms with E-state index in [4.69, 9.17) is 5.73 Å². The first-order valence-electron chi connectivity index (χ1n) is 5.94. The SMILES string of the molecule is CC(C)(C)CC(N)CS(=O)(=O)N1CCCC1. The summed E-state index contributed by atoms with van der Waals surface area (Å²) in [6.45, 7) is 7.58. The van der Waals surface area contributed by atoms with Crippen LogP contribution in [0, 0.1) is 5.41 Å². The average molecular weight is 248 g/mol. The maximum atomic E-state index is 12.0. The van der Waals surface area contributed by atoms with E-state index in [1.807, 2.05) is 0 Å². The zero-order valence-corrected chi connectivity index (χ0v) is 11.4. The first-order chi connectivity index (χ1) is 7.21.